The molecule has 1 unspecified atom stereocenters. The van der Waals surface area contributed by atoms with Crippen molar-refractivity contribution >= 4 is 5.97 Å². The van der Waals surface area contributed by atoms with Gasteiger partial charge >= 0.3 is 5.97 Å². The Balaban J connectivity index is 2.47. The van der Waals surface area contributed by atoms with Gasteiger partial charge in [-0.25, -0.2) is 4.79 Å². The number of likely N-dealkylation sites (N-methyl/N-ethyl adjacent to an activating group) is 1. The molecule has 64 valence electrons. The molecule has 1 aliphatic rings. The van der Waals surface area contributed by atoms with Crippen LogP contribution in [0.1, 0.15) is 19.3 Å². The van der Waals surface area contributed by atoms with Crippen molar-refractivity contribution in [3.8, 4) is 0 Å². The average molecular weight is 158 g/mol. The topological polar surface area (TPSA) is 30.7 Å². The summed E-state index contributed by atoms with van der Waals surface area (Å²) in [5.74, 6) is -0.0535. The zero-order valence-electron chi connectivity index (χ0n) is 7.22. The summed E-state index contributed by atoms with van der Waals surface area (Å²) < 4.78 is 4.70. The summed E-state index contributed by atoms with van der Waals surface area (Å²) in [5.41, 5.74) is 0. The van der Waals surface area contributed by atoms with Crippen LogP contribution in [0.25, 0.3) is 0 Å². The second kappa shape index (κ2) is 3.72. The molecule has 1 heterocycles. The lowest BCUT2D eigenvalue weighted by Crippen LogP contribution is -3.15. The number of carbonyl (C=O) groups is 1. The minimum atomic E-state index is -0.0535. The van der Waals surface area contributed by atoms with E-state index in [1.54, 1.807) is 0 Å². The minimum absolute atomic E-state index is 0.0535. The Morgan fingerprint density at radius 1 is 1.55 bits per heavy atom. The fraction of sp³-hybridized carbons (Fsp3) is 0.875. The number of quaternary nitrogens is 1. The van der Waals surface area contributed by atoms with E-state index in [9.17, 15) is 4.79 Å². The maximum absolute atomic E-state index is 11.1. The second-order valence-electron chi connectivity index (χ2n) is 3.17. The molecule has 0 aromatic carbocycles. The summed E-state index contributed by atoms with van der Waals surface area (Å²) >= 11 is 0. The molecule has 3 heteroatoms. The lowest BCUT2D eigenvalue weighted by molar-refractivity contribution is -0.902. The molecule has 11 heavy (non-hydrogen) atoms. The van der Waals surface area contributed by atoms with Crippen molar-refractivity contribution in [3.05, 3.63) is 0 Å². The first-order chi connectivity index (χ1) is 5.25. The van der Waals surface area contributed by atoms with Crippen molar-refractivity contribution in [2.24, 2.45) is 0 Å². The number of hydrogen-bond donors (Lipinski definition) is 1. The molecule has 0 spiro atoms. The number of rotatable bonds is 1. The highest BCUT2D eigenvalue weighted by molar-refractivity contribution is 5.74. The van der Waals surface area contributed by atoms with Crippen LogP contribution in [0.4, 0.5) is 0 Å². The molecular weight excluding hydrogens is 142 g/mol. The van der Waals surface area contributed by atoms with Gasteiger partial charge in [0.15, 0.2) is 6.04 Å². The van der Waals surface area contributed by atoms with Crippen molar-refractivity contribution in [1.29, 1.82) is 0 Å². The maximum Gasteiger partial charge on any atom is 0.364 e. The summed E-state index contributed by atoms with van der Waals surface area (Å²) in [7, 11) is 3.52. The van der Waals surface area contributed by atoms with E-state index in [1.165, 1.54) is 18.4 Å². The van der Waals surface area contributed by atoms with Gasteiger partial charge in [-0.15, -0.1) is 0 Å². The molecule has 0 saturated carbocycles. The van der Waals surface area contributed by atoms with Crippen LogP contribution in [0, 0.1) is 0 Å². The lowest BCUT2D eigenvalue weighted by Gasteiger charge is -2.26. The van der Waals surface area contributed by atoms with Gasteiger partial charge in [0, 0.05) is 6.42 Å². The third-order valence-corrected chi connectivity index (χ3v) is 2.39. The van der Waals surface area contributed by atoms with E-state index >= 15 is 0 Å². The predicted octanol–water partition coefficient (Wildman–Crippen LogP) is -0.773. The van der Waals surface area contributed by atoms with Gasteiger partial charge in [0.2, 0.25) is 0 Å². The van der Waals surface area contributed by atoms with Gasteiger partial charge in [0.1, 0.15) is 0 Å². The summed E-state index contributed by atoms with van der Waals surface area (Å²) in [6.07, 6.45) is 3.38. The van der Waals surface area contributed by atoms with Crippen LogP contribution in [0.2, 0.25) is 0 Å². The lowest BCUT2D eigenvalue weighted by atomic mass is 10.0. The maximum atomic E-state index is 11.1. The first-order valence-corrected chi connectivity index (χ1v) is 4.16. The smallest absolute Gasteiger partial charge is 0.364 e. The van der Waals surface area contributed by atoms with Crippen molar-refractivity contribution in [1.82, 2.24) is 0 Å². The molecule has 0 aliphatic carbocycles. The van der Waals surface area contributed by atoms with Crippen LogP contribution in [-0.2, 0) is 9.53 Å². The molecular formula is C8H16NO2+. The van der Waals surface area contributed by atoms with E-state index in [0.29, 0.717) is 0 Å². The molecule has 2 atom stereocenters. The summed E-state index contributed by atoms with van der Waals surface area (Å²) in [5, 5.41) is 0. The van der Waals surface area contributed by atoms with Crippen molar-refractivity contribution in [3.63, 3.8) is 0 Å². The molecule has 1 saturated heterocycles. The van der Waals surface area contributed by atoms with Crippen molar-refractivity contribution < 1.29 is 14.4 Å². The number of esters is 1. The molecule has 0 radical (unpaired) electrons. The summed E-state index contributed by atoms with van der Waals surface area (Å²) in [4.78, 5) is 12.4. The van der Waals surface area contributed by atoms with Gasteiger partial charge in [0.05, 0.1) is 20.7 Å². The van der Waals surface area contributed by atoms with Crippen LogP contribution >= 0.6 is 0 Å². The van der Waals surface area contributed by atoms with E-state index in [0.717, 1.165) is 19.4 Å². The van der Waals surface area contributed by atoms with Gasteiger partial charge in [-0.1, -0.05) is 0 Å². The Bertz CT molecular complexity index is 147. The molecule has 1 aliphatic heterocycles. The number of methoxy groups -OCH3 is 1. The molecule has 1 N–H and O–H groups in total. The number of nitrogens with one attached hydrogen (secondary N) is 1. The van der Waals surface area contributed by atoms with Crippen LogP contribution < -0.4 is 4.90 Å². The first-order valence-electron chi connectivity index (χ1n) is 4.16. The molecule has 3 nitrogen and oxygen atoms in total. The molecule has 0 bridgehead atoms. The van der Waals surface area contributed by atoms with E-state index in [1.807, 2.05) is 0 Å². The summed E-state index contributed by atoms with van der Waals surface area (Å²) in [6, 6.07) is 0.0914. The highest BCUT2D eigenvalue weighted by Crippen LogP contribution is 2.03. The highest BCUT2D eigenvalue weighted by Gasteiger charge is 2.29. The zero-order valence-corrected chi connectivity index (χ0v) is 7.22. The van der Waals surface area contributed by atoms with E-state index < -0.39 is 0 Å². The normalized spacial score (nSPS) is 31.5. The number of piperidine rings is 1. The average Bonchev–Trinajstić information content (AvgIpc) is 2.04. The van der Waals surface area contributed by atoms with Crippen LogP contribution in [0.3, 0.4) is 0 Å². The predicted molar refractivity (Wildman–Crippen MR) is 41.4 cm³/mol. The SMILES string of the molecule is COC(=O)[C@@H]1CCCC[NH+]1C. The van der Waals surface area contributed by atoms with Gasteiger partial charge in [-0.3, -0.25) is 0 Å². The Hall–Kier alpha value is -0.570. The molecule has 0 aromatic heterocycles. The molecule has 0 amide bonds. The fourth-order valence-corrected chi connectivity index (χ4v) is 1.63. The molecule has 1 fully saturated rings. The monoisotopic (exact) mass is 158 g/mol. The fourth-order valence-electron chi connectivity index (χ4n) is 1.63. The van der Waals surface area contributed by atoms with Crippen molar-refractivity contribution in [2.45, 2.75) is 25.3 Å². The van der Waals surface area contributed by atoms with Crippen LogP contribution in [0.5, 0.6) is 0 Å². The van der Waals surface area contributed by atoms with E-state index in [4.69, 9.17) is 4.74 Å². The van der Waals surface area contributed by atoms with E-state index in [-0.39, 0.29) is 12.0 Å². The van der Waals surface area contributed by atoms with E-state index in [2.05, 4.69) is 7.05 Å². The Morgan fingerprint density at radius 2 is 2.27 bits per heavy atom. The Labute approximate surface area is 67.3 Å². The zero-order chi connectivity index (χ0) is 8.27. The van der Waals surface area contributed by atoms with Gasteiger partial charge < -0.3 is 9.64 Å². The number of hydrogen-bond acceptors (Lipinski definition) is 2. The van der Waals surface area contributed by atoms with Crippen molar-refractivity contribution in [2.75, 3.05) is 20.7 Å². The number of likely N-dealkylation sites (tertiary alicyclic amines) is 1. The number of ether oxygens (including phenoxy) is 1. The Kier molecular flexibility index (Phi) is 2.88. The highest BCUT2D eigenvalue weighted by atomic mass is 16.5. The minimum Gasteiger partial charge on any atom is -0.465 e. The quantitative estimate of drug-likeness (QED) is 0.508. The Morgan fingerprint density at radius 3 is 2.82 bits per heavy atom. The van der Waals surface area contributed by atoms with Crippen LogP contribution in [-0.4, -0.2) is 32.7 Å². The molecule has 1 rings (SSSR count). The third kappa shape index (κ3) is 1.93. The van der Waals surface area contributed by atoms with Gasteiger partial charge in [-0.05, 0) is 12.8 Å². The first kappa shape index (κ1) is 8.53. The van der Waals surface area contributed by atoms with Gasteiger partial charge in [0.25, 0.3) is 0 Å². The van der Waals surface area contributed by atoms with Crippen LogP contribution in [0.15, 0.2) is 0 Å². The van der Waals surface area contributed by atoms with Gasteiger partial charge in [-0.2, -0.15) is 0 Å². The number of carbonyl (C=O) groups excluding carboxylic acids is 1. The third-order valence-electron chi connectivity index (χ3n) is 2.39. The standard InChI is InChI=1S/C8H15NO2/c1-9-6-4-3-5-7(9)8(10)11-2/h7H,3-6H2,1-2H3/p+1/t7-/m0/s1. The largest absolute Gasteiger partial charge is 0.465 e. The second-order valence-corrected chi connectivity index (χ2v) is 3.17. The summed E-state index contributed by atoms with van der Waals surface area (Å²) in [6.45, 7) is 1.10. The molecule has 0 aromatic rings.